The van der Waals surface area contributed by atoms with Gasteiger partial charge in [0.1, 0.15) is 23.9 Å². The van der Waals surface area contributed by atoms with Gasteiger partial charge in [-0.15, -0.1) is 0 Å². The molecular weight excluding hydrogens is 432 g/mol. The zero-order chi connectivity index (χ0) is 24.2. The van der Waals surface area contributed by atoms with Gasteiger partial charge in [0.05, 0.1) is 17.6 Å². The van der Waals surface area contributed by atoms with Crippen molar-refractivity contribution in [2.45, 2.75) is 46.3 Å². The van der Waals surface area contributed by atoms with Gasteiger partial charge in [-0.3, -0.25) is 0 Å². The van der Waals surface area contributed by atoms with Gasteiger partial charge in [-0.25, -0.2) is 4.98 Å². The van der Waals surface area contributed by atoms with Crippen LogP contribution in [0.25, 0.3) is 21.8 Å². The Kier molecular flexibility index (Phi) is 6.71. The summed E-state index contributed by atoms with van der Waals surface area (Å²) in [6.07, 6.45) is 0.873. The normalized spacial score (nSPS) is 11.4. The molecule has 4 nitrogen and oxygen atoms in total. The third kappa shape index (κ3) is 5.02. The van der Waals surface area contributed by atoms with Gasteiger partial charge in [0.15, 0.2) is 0 Å². The van der Waals surface area contributed by atoms with Crippen molar-refractivity contribution in [2.75, 3.05) is 6.61 Å². The van der Waals surface area contributed by atoms with Crippen molar-refractivity contribution in [3.63, 3.8) is 0 Å². The number of imidazole rings is 1. The molecule has 0 aliphatic carbocycles. The van der Waals surface area contributed by atoms with Gasteiger partial charge in [-0.2, -0.15) is 0 Å². The molecule has 35 heavy (non-hydrogen) atoms. The highest BCUT2D eigenvalue weighted by atomic mass is 16.5. The molecule has 0 radical (unpaired) electrons. The van der Waals surface area contributed by atoms with Crippen molar-refractivity contribution < 1.29 is 9.47 Å². The molecule has 1 aromatic heterocycles. The van der Waals surface area contributed by atoms with Crippen molar-refractivity contribution in [1.82, 2.24) is 9.55 Å². The van der Waals surface area contributed by atoms with E-state index in [1.807, 2.05) is 18.2 Å². The molecule has 0 N–H and O–H groups in total. The number of para-hydroxylation sites is 2. The van der Waals surface area contributed by atoms with Crippen LogP contribution in [-0.4, -0.2) is 16.2 Å². The van der Waals surface area contributed by atoms with Crippen molar-refractivity contribution in [2.24, 2.45) is 0 Å². The SMILES string of the molecule is Cc1ccc(C(C)C)c(OCc2nc3ccccc3n2CCCOc2cccc3ccccc23)c1. The van der Waals surface area contributed by atoms with E-state index >= 15 is 0 Å². The molecule has 0 spiro atoms. The van der Waals surface area contributed by atoms with Crippen LogP contribution in [0.5, 0.6) is 11.5 Å². The molecule has 0 aliphatic heterocycles. The highest BCUT2D eigenvalue weighted by Gasteiger charge is 2.14. The summed E-state index contributed by atoms with van der Waals surface area (Å²) in [4.78, 5) is 4.90. The molecule has 0 fully saturated rings. The Labute approximate surface area is 207 Å². The summed E-state index contributed by atoms with van der Waals surface area (Å²) in [5.74, 6) is 3.21. The largest absolute Gasteiger partial charge is 0.493 e. The Morgan fingerprint density at radius 1 is 0.829 bits per heavy atom. The number of aryl methyl sites for hydroxylation is 2. The first-order valence-electron chi connectivity index (χ1n) is 12.4. The van der Waals surface area contributed by atoms with E-state index in [0.717, 1.165) is 46.7 Å². The van der Waals surface area contributed by atoms with Crippen LogP contribution in [0.3, 0.4) is 0 Å². The minimum absolute atomic E-state index is 0.399. The minimum Gasteiger partial charge on any atom is -0.493 e. The third-order valence-corrected chi connectivity index (χ3v) is 6.41. The maximum Gasteiger partial charge on any atom is 0.148 e. The number of hydrogen-bond donors (Lipinski definition) is 0. The summed E-state index contributed by atoms with van der Waals surface area (Å²) in [5.41, 5.74) is 4.55. The lowest BCUT2D eigenvalue weighted by Crippen LogP contribution is -2.11. The Bertz CT molecular complexity index is 1450. The Morgan fingerprint density at radius 2 is 1.63 bits per heavy atom. The van der Waals surface area contributed by atoms with Crippen LogP contribution in [0.2, 0.25) is 0 Å². The van der Waals surface area contributed by atoms with Crippen molar-refractivity contribution in [1.29, 1.82) is 0 Å². The zero-order valence-corrected chi connectivity index (χ0v) is 20.7. The van der Waals surface area contributed by atoms with Crippen LogP contribution in [-0.2, 0) is 13.2 Å². The van der Waals surface area contributed by atoms with Crippen molar-refractivity contribution in [3.8, 4) is 11.5 Å². The Hall–Kier alpha value is -3.79. The second kappa shape index (κ2) is 10.2. The van der Waals surface area contributed by atoms with Crippen LogP contribution in [0, 0.1) is 6.92 Å². The maximum atomic E-state index is 6.34. The van der Waals surface area contributed by atoms with Gasteiger partial charge in [0, 0.05) is 11.9 Å². The summed E-state index contributed by atoms with van der Waals surface area (Å²) in [6.45, 7) is 8.38. The first-order valence-corrected chi connectivity index (χ1v) is 12.4. The minimum atomic E-state index is 0.399. The van der Waals surface area contributed by atoms with Gasteiger partial charge in [0.25, 0.3) is 0 Å². The van der Waals surface area contributed by atoms with E-state index in [1.54, 1.807) is 0 Å². The molecule has 0 saturated heterocycles. The van der Waals surface area contributed by atoms with E-state index < -0.39 is 0 Å². The zero-order valence-electron chi connectivity index (χ0n) is 20.7. The van der Waals surface area contributed by atoms with E-state index in [2.05, 4.69) is 92.1 Å². The van der Waals surface area contributed by atoms with E-state index in [0.29, 0.717) is 19.1 Å². The van der Waals surface area contributed by atoms with Crippen molar-refractivity contribution in [3.05, 3.63) is 102 Å². The highest BCUT2D eigenvalue weighted by molar-refractivity contribution is 5.88. The molecule has 4 heteroatoms. The topological polar surface area (TPSA) is 36.3 Å². The van der Waals surface area contributed by atoms with E-state index in [-0.39, 0.29) is 0 Å². The first kappa shape index (κ1) is 23.0. The van der Waals surface area contributed by atoms with Gasteiger partial charge in [-0.05, 0) is 60.0 Å². The average Bonchev–Trinajstić information content (AvgIpc) is 3.22. The lowest BCUT2D eigenvalue weighted by Gasteiger charge is -2.16. The molecule has 0 unspecified atom stereocenters. The fraction of sp³-hybridized carbons (Fsp3) is 0.258. The molecule has 0 bridgehead atoms. The quantitative estimate of drug-likeness (QED) is 0.210. The summed E-state index contributed by atoms with van der Waals surface area (Å²) >= 11 is 0. The number of nitrogens with zero attached hydrogens (tertiary/aromatic N) is 2. The van der Waals surface area contributed by atoms with Crippen LogP contribution < -0.4 is 9.47 Å². The first-order chi connectivity index (χ1) is 17.1. The molecule has 5 rings (SSSR count). The second-order valence-corrected chi connectivity index (χ2v) is 9.33. The lowest BCUT2D eigenvalue weighted by molar-refractivity contribution is 0.278. The number of rotatable bonds is 9. The van der Waals surface area contributed by atoms with Gasteiger partial charge < -0.3 is 14.0 Å². The molecule has 1 heterocycles. The van der Waals surface area contributed by atoms with E-state index in [1.165, 1.54) is 16.5 Å². The fourth-order valence-corrected chi connectivity index (χ4v) is 4.60. The van der Waals surface area contributed by atoms with Crippen LogP contribution in [0.4, 0.5) is 0 Å². The predicted octanol–water partition coefficient (Wildman–Crippen LogP) is 7.67. The summed E-state index contributed by atoms with van der Waals surface area (Å²) in [7, 11) is 0. The summed E-state index contributed by atoms with van der Waals surface area (Å²) < 4.78 is 14.8. The van der Waals surface area contributed by atoms with Gasteiger partial charge in [0.2, 0.25) is 0 Å². The smallest absolute Gasteiger partial charge is 0.148 e. The number of aromatic nitrogens is 2. The highest BCUT2D eigenvalue weighted by Crippen LogP contribution is 2.29. The van der Waals surface area contributed by atoms with E-state index in [4.69, 9.17) is 14.5 Å². The fourth-order valence-electron chi connectivity index (χ4n) is 4.60. The average molecular weight is 465 g/mol. The van der Waals surface area contributed by atoms with E-state index in [9.17, 15) is 0 Å². The number of benzene rings is 4. The van der Waals surface area contributed by atoms with Gasteiger partial charge >= 0.3 is 0 Å². The summed E-state index contributed by atoms with van der Waals surface area (Å²) in [5, 5.41) is 2.35. The van der Waals surface area contributed by atoms with Crippen molar-refractivity contribution >= 4 is 21.8 Å². The van der Waals surface area contributed by atoms with Crippen LogP contribution in [0.1, 0.15) is 43.1 Å². The number of hydrogen-bond acceptors (Lipinski definition) is 3. The van der Waals surface area contributed by atoms with Crippen LogP contribution >= 0.6 is 0 Å². The molecule has 0 saturated carbocycles. The Morgan fingerprint density at radius 3 is 2.51 bits per heavy atom. The molecule has 178 valence electrons. The molecule has 0 amide bonds. The Balaban J connectivity index is 1.31. The molecule has 0 atom stereocenters. The number of ether oxygens (including phenoxy) is 2. The summed E-state index contributed by atoms with van der Waals surface area (Å²) in [6, 6.07) is 29.3. The second-order valence-electron chi connectivity index (χ2n) is 9.33. The molecule has 5 aromatic rings. The maximum absolute atomic E-state index is 6.34. The van der Waals surface area contributed by atoms with Crippen LogP contribution in [0.15, 0.2) is 84.9 Å². The molecular formula is C31H32N2O2. The lowest BCUT2D eigenvalue weighted by atomic mass is 10.0. The van der Waals surface area contributed by atoms with Gasteiger partial charge in [-0.1, -0.05) is 74.5 Å². The standard InChI is InChI=1S/C31H32N2O2/c1-22(2)25-17-16-23(3)20-30(25)35-21-31-32-27-13-6-7-14-28(27)33(31)18-9-19-34-29-15-8-11-24-10-4-5-12-26(24)29/h4-8,10-17,20,22H,9,18-19,21H2,1-3H3. The third-order valence-electron chi connectivity index (χ3n) is 6.41. The molecule has 4 aromatic carbocycles. The monoisotopic (exact) mass is 464 g/mol. The predicted molar refractivity (Wildman–Crippen MR) is 143 cm³/mol. The molecule has 0 aliphatic rings. The number of fused-ring (bicyclic) bond motifs is 2.